The van der Waals surface area contributed by atoms with E-state index in [1.54, 1.807) is 6.07 Å². The summed E-state index contributed by atoms with van der Waals surface area (Å²) in [4.78, 5) is 25.2. The summed E-state index contributed by atoms with van der Waals surface area (Å²) >= 11 is 0. The lowest BCUT2D eigenvalue weighted by Gasteiger charge is -2.36. The van der Waals surface area contributed by atoms with Crippen molar-refractivity contribution in [3.63, 3.8) is 0 Å². The summed E-state index contributed by atoms with van der Waals surface area (Å²) in [6.07, 6.45) is 2.45. The highest BCUT2D eigenvalue weighted by Crippen LogP contribution is 2.34. The molecule has 1 saturated heterocycles. The van der Waals surface area contributed by atoms with Crippen LogP contribution in [0.4, 0.5) is 38.9 Å². The Labute approximate surface area is 233 Å². The van der Waals surface area contributed by atoms with E-state index in [4.69, 9.17) is 4.74 Å². The third-order valence-electron chi connectivity index (χ3n) is 6.35. The average molecular weight is 545 g/mol. The maximum absolute atomic E-state index is 15.4. The molecule has 1 aromatic heterocycles. The number of aromatic nitrogens is 2. The molecule has 0 saturated carbocycles. The van der Waals surface area contributed by atoms with Crippen LogP contribution < -0.4 is 25.6 Å². The van der Waals surface area contributed by atoms with E-state index in [-0.39, 0.29) is 29.1 Å². The average Bonchev–Trinajstić information content (AvgIpc) is 2.95. The zero-order valence-corrected chi connectivity index (χ0v) is 22.9. The van der Waals surface area contributed by atoms with Crippen molar-refractivity contribution < 1.29 is 13.9 Å². The third-order valence-corrected chi connectivity index (χ3v) is 6.35. The molecular weight excluding hydrogens is 511 g/mol. The number of nitrogens with one attached hydrogen (secondary N) is 3. The first-order valence-corrected chi connectivity index (χ1v) is 13.1. The van der Waals surface area contributed by atoms with E-state index in [0.29, 0.717) is 35.9 Å². The van der Waals surface area contributed by atoms with Crippen molar-refractivity contribution in [3.8, 4) is 11.8 Å². The van der Waals surface area contributed by atoms with Gasteiger partial charge in [0.05, 0.1) is 35.1 Å². The highest BCUT2D eigenvalue weighted by atomic mass is 19.1. The van der Waals surface area contributed by atoms with Crippen molar-refractivity contribution in [1.82, 2.24) is 14.9 Å². The molecule has 40 heavy (non-hydrogen) atoms. The van der Waals surface area contributed by atoms with Gasteiger partial charge in [0.2, 0.25) is 11.9 Å². The van der Waals surface area contributed by atoms with Gasteiger partial charge in [0, 0.05) is 32.2 Å². The first-order valence-electron chi connectivity index (χ1n) is 13.1. The summed E-state index contributed by atoms with van der Waals surface area (Å²) < 4.78 is 21.3. The standard InChI is InChI=1S/C29H33FN8O2/c1-5-27(39)33-24-16-25(38-13-11-37(6-2)12-14-38)21(30)15-23(24)35-29-32-18-20(17-31)28(36-29)34-22-9-7-8-10-26(22)40-19(3)4/h5,7-10,15-16,18-19H,1,6,11-14H2,2-4H3,(H,33,39)(H2,32,34,35,36). The van der Waals surface area contributed by atoms with Crippen LogP contribution in [0.3, 0.4) is 0 Å². The maximum atomic E-state index is 15.4. The molecule has 0 atom stereocenters. The molecule has 3 aromatic rings. The number of rotatable bonds is 10. The molecule has 0 spiro atoms. The first-order chi connectivity index (χ1) is 19.3. The van der Waals surface area contributed by atoms with Gasteiger partial charge in [0.25, 0.3) is 0 Å². The Hall–Kier alpha value is -4.69. The van der Waals surface area contributed by atoms with E-state index in [1.165, 1.54) is 12.3 Å². The van der Waals surface area contributed by atoms with Gasteiger partial charge in [-0.1, -0.05) is 25.6 Å². The number of halogens is 1. The summed E-state index contributed by atoms with van der Waals surface area (Å²) in [7, 11) is 0. The lowest BCUT2D eigenvalue weighted by Crippen LogP contribution is -2.46. The number of anilines is 6. The molecule has 208 valence electrons. The fourth-order valence-electron chi connectivity index (χ4n) is 4.29. The predicted molar refractivity (Wildman–Crippen MR) is 155 cm³/mol. The van der Waals surface area contributed by atoms with Crippen molar-refractivity contribution in [2.24, 2.45) is 0 Å². The van der Waals surface area contributed by atoms with Crippen LogP contribution in [-0.4, -0.2) is 59.6 Å². The summed E-state index contributed by atoms with van der Waals surface area (Å²) in [6, 6.07) is 12.3. The van der Waals surface area contributed by atoms with Crippen LogP contribution in [0.5, 0.6) is 5.75 Å². The van der Waals surface area contributed by atoms with Crippen LogP contribution >= 0.6 is 0 Å². The van der Waals surface area contributed by atoms with Gasteiger partial charge in [0.15, 0.2) is 5.82 Å². The molecule has 3 N–H and O–H groups in total. The second-order valence-corrected chi connectivity index (χ2v) is 9.44. The topological polar surface area (TPSA) is 118 Å². The minimum absolute atomic E-state index is 0.0569. The smallest absolute Gasteiger partial charge is 0.247 e. The second-order valence-electron chi connectivity index (χ2n) is 9.44. The molecule has 2 heterocycles. The number of ether oxygens (including phenoxy) is 1. The Morgan fingerprint density at radius 2 is 1.93 bits per heavy atom. The minimum atomic E-state index is -0.448. The SMILES string of the molecule is C=CC(=O)Nc1cc(N2CCN(CC)CC2)c(F)cc1Nc1ncc(C#N)c(Nc2ccccc2OC(C)C)n1. The highest BCUT2D eigenvalue weighted by Gasteiger charge is 2.22. The fraction of sp³-hybridized carbons (Fsp3) is 0.310. The van der Waals surface area contributed by atoms with Crippen LogP contribution in [0.15, 0.2) is 55.3 Å². The number of nitrogens with zero attached hydrogens (tertiary/aromatic N) is 5. The second kappa shape index (κ2) is 12.9. The zero-order valence-electron chi connectivity index (χ0n) is 22.9. The fourth-order valence-corrected chi connectivity index (χ4v) is 4.29. The van der Waals surface area contributed by atoms with Crippen molar-refractivity contribution in [2.75, 3.05) is 53.6 Å². The first kappa shape index (κ1) is 28.3. The van der Waals surface area contributed by atoms with Crippen molar-refractivity contribution in [1.29, 1.82) is 5.26 Å². The van der Waals surface area contributed by atoms with Crippen molar-refractivity contribution >= 4 is 40.4 Å². The largest absolute Gasteiger partial charge is 0.489 e. The van der Waals surface area contributed by atoms with Crippen LogP contribution in [0, 0.1) is 17.1 Å². The van der Waals surface area contributed by atoms with Gasteiger partial charge < -0.3 is 30.5 Å². The number of carbonyl (C=O) groups excluding carboxylic acids is 1. The number of carbonyl (C=O) groups is 1. The predicted octanol–water partition coefficient (Wildman–Crippen LogP) is 5.03. The Kier molecular flexibility index (Phi) is 9.14. The lowest BCUT2D eigenvalue weighted by atomic mass is 10.1. The molecular formula is C29H33FN8O2. The van der Waals surface area contributed by atoms with Gasteiger partial charge in [-0.05, 0) is 44.7 Å². The van der Waals surface area contributed by atoms with Gasteiger partial charge in [-0.3, -0.25) is 4.79 Å². The van der Waals surface area contributed by atoms with E-state index >= 15 is 4.39 Å². The number of likely N-dealkylation sites (N-methyl/N-ethyl adjacent to an activating group) is 1. The van der Waals surface area contributed by atoms with E-state index in [1.807, 2.05) is 43.0 Å². The van der Waals surface area contributed by atoms with Crippen molar-refractivity contribution in [2.45, 2.75) is 26.9 Å². The number of hydrogen-bond acceptors (Lipinski definition) is 9. The van der Waals surface area contributed by atoms with Crippen LogP contribution in [0.25, 0.3) is 0 Å². The Bertz CT molecular complexity index is 1410. The molecule has 4 rings (SSSR count). The normalized spacial score (nSPS) is 13.4. The molecule has 1 fully saturated rings. The van der Waals surface area contributed by atoms with Gasteiger partial charge in [-0.25, -0.2) is 9.37 Å². The number of amides is 1. The third kappa shape index (κ3) is 6.84. The molecule has 1 aliphatic rings. The van der Waals surface area contributed by atoms with Gasteiger partial charge in [0.1, 0.15) is 23.2 Å². The molecule has 11 heteroatoms. The zero-order chi connectivity index (χ0) is 28.6. The summed E-state index contributed by atoms with van der Waals surface area (Å²) in [5.74, 6) is 0.0439. The molecule has 0 aliphatic carbocycles. The van der Waals surface area contributed by atoms with Crippen LogP contribution in [-0.2, 0) is 4.79 Å². The Morgan fingerprint density at radius 3 is 2.60 bits per heavy atom. The molecule has 1 aliphatic heterocycles. The van der Waals surface area contributed by atoms with E-state index in [9.17, 15) is 10.1 Å². The van der Waals surface area contributed by atoms with Crippen molar-refractivity contribution in [3.05, 3.63) is 66.6 Å². The summed E-state index contributed by atoms with van der Waals surface area (Å²) in [6.45, 7) is 13.4. The molecule has 0 radical (unpaired) electrons. The lowest BCUT2D eigenvalue weighted by molar-refractivity contribution is -0.111. The number of piperazine rings is 1. The quantitative estimate of drug-likeness (QED) is 0.302. The maximum Gasteiger partial charge on any atom is 0.247 e. The molecule has 0 unspecified atom stereocenters. The number of benzene rings is 2. The molecule has 2 aromatic carbocycles. The highest BCUT2D eigenvalue weighted by molar-refractivity contribution is 6.02. The number of para-hydroxylation sites is 2. The molecule has 0 bridgehead atoms. The summed E-state index contributed by atoms with van der Waals surface area (Å²) in [5.41, 5.74) is 1.82. The number of nitriles is 1. The summed E-state index contributed by atoms with van der Waals surface area (Å²) in [5, 5.41) is 18.5. The van der Waals surface area contributed by atoms with Gasteiger partial charge >= 0.3 is 0 Å². The van der Waals surface area contributed by atoms with E-state index in [0.717, 1.165) is 25.7 Å². The van der Waals surface area contributed by atoms with Crippen LogP contribution in [0.1, 0.15) is 26.3 Å². The Balaban J connectivity index is 1.65. The Morgan fingerprint density at radius 1 is 1.18 bits per heavy atom. The number of hydrogen-bond donors (Lipinski definition) is 3. The van der Waals surface area contributed by atoms with Gasteiger partial charge in [-0.15, -0.1) is 0 Å². The van der Waals surface area contributed by atoms with E-state index in [2.05, 4.69) is 50.4 Å². The van der Waals surface area contributed by atoms with E-state index < -0.39 is 11.7 Å². The monoisotopic (exact) mass is 544 g/mol. The van der Waals surface area contributed by atoms with Crippen LogP contribution in [0.2, 0.25) is 0 Å². The molecule has 1 amide bonds. The molecule has 10 nitrogen and oxygen atoms in total. The minimum Gasteiger partial charge on any atom is -0.489 e. The van der Waals surface area contributed by atoms with Gasteiger partial charge in [-0.2, -0.15) is 10.2 Å².